The molecule has 27 heavy (non-hydrogen) atoms. The van der Waals surface area contributed by atoms with Gasteiger partial charge in [0.05, 0.1) is 18.5 Å². The van der Waals surface area contributed by atoms with Crippen LogP contribution in [0.1, 0.15) is 5.56 Å². The third-order valence-electron chi connectivity index (χ3n) is 3.85. The van der Waals surface area contributed by atoms with Crippen LogP contribution in [0.15, 0.2) is 66.9 Å². The van der Waals surface area contributed by atoms with Crippen molar-refractivity contribution in [2.24, 2.45) is 0 Å². The Bertz CT molecular complexity index is 907. The van der Waals surface area contributed by atoms with Crippen molar-refractivity contribution in [3.63, 3.8) is 0 Å². The molecule has 3 rings (SSSR count). The Kier molecular flexibility index (Phi) is 6.35. The van der Waals surface area contributed by atoms with Crippen molar-refractivity contribution >= 4 is 22.8 Å². The average molecular weight is 364 g/mol. The summed E-state index contributed by atoms with van der Waals surface area (Å²) in [6.07, 6.45) is 1.75. The molecule has 6 heteroatoms. The highest BCUT2D eigenvalue weighted by Crippen LogP contribution is 2.16. The molecule has 6 nitrogen and oxygen atoms in total. The fourth-order valence-electron chi connectivity index (χ4n) is 2.59. The van der Waals surface area contributed by atoms with Gasteiger partial charge in [-0.15, -0.1) is 0 Å². The summed E-state index contributed by atoms with van der Waals surface area (Å²) in [5, 5.41) is 3.61. The second-order valence-electron chi connectivity index (χ2n) is 5.84. The standard InChI is InChI=1S/C21H20N2O4/c24-19(22-12-13-26-18-9-2-1-3-10-18)15-27-20(25)14-17-7-4-6-16-8-5-11-23-21(16)17/h1-11H,12-15H2,(H,22,24). The maximum atomic E-state index is 12.0. The number of benzene rings is 2. The van der Waals surface area contributed by atoms with E-state index in [-0.39, 0.29) is 18.9 Å². The predicted molar refractivity (Wildman–Crippen MR) is 101 cm³/mol. The Balaban J connectivity index is 1.39. The third-order valence-corrected chi connectivity index (χ3v) is 3.85. The Morgan fingerprint density at radius 3 is 2.63 bits per heavy atom. The van der Waals surface area contributed by atoms with Crippen molar-refractivity contribution in [2.45, 2.75) is 6.42 Å². The monoisotopic (exact) mass is 364 g/mol. The first-order chi connectivity index (χ1) is 13.2. The molecule has 0 saturated carbocycles. The van der Waals surface area contributed by atoms with Crippen molar-refractivity contribution < 1.29 is 19.1 Å². The minimum absolute atomic E-state index is 0.0682. The normalized spacial score (nSPS) is 10.4. The van der Waals surface area contributed by atoms with Crippen LogP contribution in [-0.2, 0) is 20.7 Å². The summed E-state index contributed by atoms with van der Waals surface area (Å²) in [4.78, 5) is 28.1. The zero-order valence-electron chi connectivity index (χ0n) is 14.8. The van der Waals surface area contributed by atoms with Crippen molar-refractivity contribution in [3.05, 3.63) is 72.4 Å². The van der Waals surface area contributed by atoms with Crippen LogP contribution in [0, 0.1) is 0 Å². The highest BCUT2D eigenvalue weighted by molar-refractivity contribution is 5.86. The molecule has 138 valence electrons. The number of pyridine rings is 1. The Hall–Kier alpha value is -3.41. The zero-order valence-corrected chi connectivity index (χ0v) is 14.8. The number of para-hydroxylation sites is 2. The number of nitrogens with one attached hydrogen (secondary N) is 1. The van der Waals surface area contributed by atoms with Gasteiger partial charge in [-0.3, -0.25) is 14.6 Å². The molecule has 1 N–H and O–H groups in total. The molecule has 0 aliphatic carbocycles. The molecule has 0 fully saturated rings. The van der Waals surface area contributed by atoms with Crippen LogP contribution in [0.25, 0.3) is 10.9 Å². The zero-order chi connectivity index (χ0) is 18.9. The van der Waals surface area contributed by atoms with E-state index in [4.69, 9.17) is 9.47 Å². The number of fused-ring (bicyclic) bond motifs is 1. The molecule has 0 radical (unpaired) electrons. The van der Waals surface area contributed by atoms with Gasteiger partial charge in [0.1, 0.15) is 12.4 Å². The van der Waals surface area contributed by atoms with Crippen LogP contribution in [0.3, 0.4) is 0 Å². The van der Waals surface area contributed by atoms with E-state index in [1.54, 1.807) is 6.20 Å². The van der Waals surface area contributed by atoms with Gasteiger partial charge in [0, 0.05) is 11.6 Å². The van der Waals surface area contributed by atoms with Crippen molar-refractivity contribution in [3.8, 4) is 5.75 Å². The molecule has 2 aromatic carbocycles. The maximum Gasteiger partial charge on any atom is 0.310 e. The van der Waals surface area contributed by atoms with Crippen molar-refractivity contribution in [1.82, 2.24) is 10.3 Å². The van der Waals surface area contributed by atoms with Gasteiger partial charge in [-0.05, 0) is 23.8 Å². The van der Waals surface area contributed by atoms with E-state index in [0.717, 1.165) is 22.2 Å². The van der Waals surface area contributed by atoms with Gasteiger partial charge in [-0.25, -0.2) is 0 Å². The molecule has 0 spiro atoms. The summed E-state index contributed by atoms with van der Waals surface area (Å²) in [7, 11) is 0. The smallest absolute Gasteiger partial charge is 0.310 e. The molecule has 0 unspecified atom stereocenters. The van der Waals surface area contributed by atoms with Crippen LogP contribution in [0.2, 0.25) is 0 Å². The fourth-order valence-corrected chi connectivity index (χ4v) is 2.59. The van der Waals surface area contributed by atoms with E-state index in [1.165, 1.54) is 0 Å². The van der Waals surface area contributed by atoms with Crippen LogP contribution in [0.5, 0.6) is 5.75 Å². The van der Waals surface area contributed by atoms with E-state index in [2.05, 4.69) is 10.3 Å². The van der Waals surface area contributed by atoms with Crippen LogP contribution >= 0.6 is 0 Å². The number of rotatable bonds is 8. The summed E-state index contributed by atoms with van der Waals surface area (Å²) in [5.74, 6) is -0.0956. The second kappa shape index (κ2) is 9.33. The summed E-state index contributed by atoms with van der Waals surface area (Å²) < 4.78 is 10.5. The number of carbonyl (C=O) groups is 2. The number of aromatic nitrogens is 1. The summed E-state index contributed by atoms with van der Waals surface area (Å²) >= 11 is 0. The summed E-state index contributed by atoms with van der Waals surface area (Å²) in [6.45, 7) is 0.353. The minimum atomic E-state index is -0.469. The predicted octanol–water partition coefficient (Wildman–Crippen LogP) is 2.52. The van der Waals surface area contributed by atoms with Gasteiger partial charge >= 0.3 is 5.97 Å². The van der Waals surface area contributed by atoms with E-state index in [0.29, 0.717) is 13.2 Å². The van der Waals surface area contributed by atoms with E-state index >= 15 is 0 Å². The van der Waals surface area contributed by atoms with Gasteiger partial charge in [0.15, 0.2) is 6.61 Å². The third kappa shape index (κ3) is 5.54. The molecule has 3 aromatic rings. The average Bonchev–Trinajstić information content (AvgIpc) is 2.71. The van der Waals surface area contributed by atoms with Gasteiger partial charge in [0.2, 0.25) is 0 Å². The highest BCUT2D eigenvalue weighted by Gasteiger charge is 2.11. The number of carbonyl (C=O) groups excluding carboxylic acids is 2. The number of hydrogen-bond acceptors (Lipinski definition) is 5. The molecule has 0 saturated heterocycles. The first-order valence-electron chi connectivity index (χ1n) is 8.65. The molecule has 1 aromatic heterocycles. The molecule has 1 amide bonds. The van der Waals surface area contributed by atoms with Crippen molar-refractivity contribution in [2.75, 3.05) is 19.8 Å². The SMILES string of the molecule is O=C(COC(=O)Cc1cccc2cccnc12)NCCOc1ccccc1. The summed E-state index contributed by atoms with van der Waals surface area (Å²) in [5.41, 5.74) is 1.54. The lowest BCUT2D eigenvalue weighted by Gasteiger charge is -2.09. The number of hydrogen-bond donors (Lipinski definition) is 1. The lowest BCUT2D eigenvalue weighted by atomic mass is 10.1. The van der Waals surface area contributed by atoms with Gasteiger partial charge in [-0.1, -0.05) is 42.5 Å². The fraction of sp³-hybridized carbons (Fsp3) is 0.190. The maximum absolute atomic E-state index is 12.0. The quantitative estimate of drug-likeness (QED) is 0.491. The van der Waals surface area contributed by atoms with Crippen LogP contribution in [-0.4, -0.2) is 36.6 Å². The Morgan fingerprint density at radius 2 is 1.78 bits per heavy atom. The molecule has 1 heterocycles. The Labute approximate surface area is 157 Å². The van der Waals surface area contributed by atoms with E-state index < -0.39 is 5.97 Å². The lowest BCUT2D eigenvalue weighted by Crippen LogP contribution is -2.32. The number of ether oxygens (including phenoxy) is 2. The second-order valence-corrected chi connectivity index (χ2v) is 5.84. The topological polar surface area (TPSA) is 77.5 Å². The van der Waals surface area contributed by atoms with Crippen LogP contribution in [0.4, 0.5) is 0 Å². The number of nitrogens with zero attached hydrogens (tertiary/aromatic N) is 1. The molecule has 0 aliphatic rings. The van der Waals surface area contributed by atoms with Gasteiger partial charge < -0.3 is 14.8 Å². The molecule has 0 bridgehead atoms. The highest BCUT2D eigenvalue weighted by atomic mass is 16.5. The molecular formula is C21H20N2O4. The number of esters is 1. The van der Waals surface area contributed by atoms with E-state index in [1.807, 2.05) is 60.7 Å². The molecule has 0 aliphatic heterocycles. The minimum Gasteiger partial charge on any atom is -0.492 e. The Morgan fingerprint density at radius 1 is 0.963 bits per heavy atom. The van der Waals surface area contributed by atoms with Gasteiger partial charge in [0.25, 0.3) is 5.91 Å². The lowest BCUT2D eigenvalue weighted by molar-refractivity contribution is -0.147. The van der Waals surface area contributed by atoms with E-state index in [9.17, 15) is 9.59 Å². The van der Waals surface area contributed by atoms with Gasteiger partial charge in [-0.2, -0.15) is 0 Å². The molecular weight excluding hydrogens is 344 g/mol. The van der Waals surface area contributed by atoms with Crippen LogP contribution < -0.4 is 10.1 Å². The number of amides is 1. The molecule has 0 atom stereocenters. The summed E-state index contributed by atoms with van der Waals surface area (Å²) in [6, 6.07) is 18.7. The largest absolute Gasteiger partial charge is 0.492 e. The first-order valence-corrected chi connectivity index (χ1v) is 8.65. The van der Waals surface area contributed by atoms with Crippen molar-refractivity contribution in [1.29, 1.82) is 0 Å². The first kappa shape index (κ1) is 18.4.